The summed E-state index contributed by atoms with van der Waals surface area (Å²) in [6, 6.07) is 5.69. The van der Waals surface area contributed by atoms with Gasteiger partial charge in [0.1, 0.15) is 0 Å². The number of ether oxygens (including phenoxy) is 1. The van der Waals surface area contributed by atoms with Gasteiger partial charge in [-0.3, -0.25) is 23.9 Å². The van der Waals surface area contributed by atoms with Gasteiger partial charge in [-0.05, 0) is 25.0 Å². The summed E-state index contributed by atoms with van der Waals surface area (Å²) in [6.07, 6.45) is 6.66. The molecule has 32 heavy (non-hydrogen) atoms. The van der Waals surface area contributed by atoms with Gasteiger partial charge in [-0.1, -0.05) is 0 Å². The van der Waals surface area contributed by atoms with Crippen LogP contribution < -0.4 is 10.4 Å². The maximum absolute atomic E-state index is 13.3. The zero-order chi connectivity index (χ0) is 22.4. The fourth-order valence-electron chi connectivity index (χ4n) is 4.52. The number of hydrogen-bond acceptors (Lipinski definition) is 6. The molecule has 0 bridgehead atoms. The number of carbonyl (C=O) groups is 1. The predicted octanol–water partition coefficient (Wildman–Crippen LogP) is 2.54. The van der Waals surface area contributed by atoms with Crippen molar-refractivity contribution in [2.75, 3.05) is 20.2 Å². The number of piperidine rings is 1. The van der Waals surface area contributed by atoms with Crippen LogP contribution >= 0.6 is 0 Å². The number of aromatic nitrogens is 5. The fraction of sp³-hybridized carbons (Fsp3) is 0.348. The van der Waals surface area contributed by atoms with Gasteiger partial charge < -0.3 is 9.64 Å². The molecule has 5 rings (SSSR count). The van der Waals surface area contributed by atoms with Crippen molar-refractivity contribution in [2.24, 2.45) is 7.05 Å². The Bertz CT molecular complexity index is 1380. The highest BCUT2D eigenvalue weighted by Gasteiger charge is 2.26. The summed E-state index contributed by atoms with van der Waals surface area (Å²) in [7, 11) is 3.35. The minimum Gasteiger partial charge on any atom is -0.481 e. The molecule has 1 aliphatic heterocycles. The molecule has 0 saturated carbocycles. The lowest BCUT2D eigenvalue weighted by Crippen LogP contribution is -2.39. The molecule has 9 nitrogen and oxygen atoms in total. The highest BCUT2D eigenvalue weighted by molar-refractivity contribution is 6.03. The fourth-order valence-corrected chi connectivity index (χ4v) is 4.52. The van der Waals surface area contributed by atoms with Crippen molar-refractivity contribution in [3.05, 3.63) is 47.3 Å². The van der Waals surface area contributed by atoms with Crippen LogP contribution in [-0.2, 0) is 11.8 Å². The monoisotopic (exact) mass is 432 g/mol. The van der Waals surface area contributed by atoms with Gasteiger partial charge in [0.25, 0.3) is 0 Å². The topological polar surface area (TPSA) is 95.1 Å². The molecule has 1 aliphatic rings. The molecular formula is C23H24N6O3. The highest BCUT2D eigenvalue weighted by Crippen LogP contribution is 2.31. The Morgan fingerprint density at radius 3 is 2.53 bits per heavy atom. The molecule has 1 fully saturated rings. The molecule has 0 aliphatic carbocycles. The largest absolute Gasteiger partial charge is 0.481 e. The number of methoxy groups -OCH3 is 1. The summed E-state index contributed by atoms with van der Waals surface area (Å²) in [5.74, 6) is 0.611. The third-order valence-electron chi connectivity index (χ3n) is 6.32. The van der Waals surface area contributed by atoms with Crippen LogP contribution in [0.1, 0.15) is 25.8 Å². The zero-order valence-electron chi connectivity index (χ0n) is 18.3. The lowest BCUT2D eigenvalue weighted by molar-refractivity contribution is -0.130. The van der Waals surface area contributed by atoms with Crippen LogP contribution in [0.15, 0.2) is 41.6 Å². The van der Waals surface area contributed by atoms with E-state index in [-0.39, 0.29) is 17.6 Å². The van der Waals surface area contributed by atoms with Gasteiger partial charge in [0.15, 0.2) is 0 Å². The summed E-state index contributed by atoms with van der Waals surface area (Å²) < 4.78 is 8.68. The van der Waals surface area contributed by atoms with E-state index in [1.54, 1.807) is 50.3 Å². The predicted molar refractivity (Wildman–Crippen MR) is 121 cm³/mol. The van der Waals surface area contributed by atoms with Crippen molar-refractivity contribution >= 4 is 27.8 Å². The Kier molecular flexibility index (Phi) is 4.88. The Morgan fingerprint density at radius 1 is 1.09 bits per heavy atom. The van der Waals surface area contributed by atoms with Crippen molar-refractivity contribution in [1.29, 1.82) is 0 Å². The maximum Gasteiger partial charge on any atom is 0.329 e. The molecule has 4 aromatic rings. The second kappa shape index (κ2) is 7.74. The molecule has 0 unspecified atom stereocenters. The number of hydrogen-bond donors (Lipinski definition) is 0. The van der Waals surface area contributed by atoms with Crippen molar-refractivity contribution in [1.82, 2.24) is 29.0 Å². The minimum absolute atomic E-state index is 0.0201. The van der Waals surface area contributed by atoms with E-state index in [0.717, 1.165) is 46.0 Å². The molecule has 1 amide bonds. The second-order valence-corrected chi connectivity index (χ2v) is 8.12. The minimum atomic E-state index is -0.0694. The van der Waals surface area contributed by atoms with Gasteiger partial charge in [-0.2, -0.15) is 0 Å². The van der Waals surface area contributed by atoms with Gasteiger partial charge in [0.05, 0.1) is 41.7 Å². The van der Waals surface area contributed by atoms with E-state index < -0.39 is 0 Å². The number of carbonyl (C=O) groups excluding carboxylic acids is 1. The van der Waals surface area contributed by atoms with E-state index in [2.05, 4.69) is 15.0 Å². The third kappa shape index (κ3) is 3.21. The number of aryl methyl sites for hydroxylation is 1. The zero-order valence-corrected chi connectivity index (χ0v) is 18.3. The molecule has 0 radical (unpaired) electrons. The SMILES string of the molecule is COc1ccc(-c2cc3c(cn2)ncc2c3n(C3CCN(C(C)=O)CC3)c(=O)n2C)cn1. The summed E-state index contributed by atoms with van der Waals surface area (Å²) in [5, 5.41) is 0.870. The Labute approximate surface area is 184 Å². The average molecular weight is 432 g/mol. The lowest BCUT2D eigenvalue weighted by Gasteiger charge is -2.32. The van der Waals surface area contributed by atoms with Crippen LogP contribution in [0.3, 0.4) is 0 Å². The van der Waals surface area contributed by atoms with E-state index in [1.807, 2.05) is 21.6 Å². The van der Waals surface area contributed by atoms with Crippen LogP contribution in [0.5, 0.6) is 5.88 Å². The van der Waals surface area contributed by atoms with Crippen LogP contribution in [0.2, 0.25) is 0 Å². The van der Waals surface area contributed by atoms with Crippen LogP contribution in [0.4, 0.5) is 0 Å². The first-order valence-corrected chi connectivity index (χ1v) is 10.6. The van der Waals surface area contributed by atoms with Crippen LogP contribution in [-0.4, -0.2) is 55.1 Å². The van der Waals surface area contributed by atoms with E-state index in [4.69, 9.17) is 4.74 Å². The van der Waals surface area contributed by atoms with Gasteiger partial charge in [-0.15, -0.1) is 0 Å². The molecule has 4 aromatic heterocycles. The Hall–Kier alpha value is -3.75. The maximum atomic E-state index is 13.3. The van der Waals surface area contributed by atoms with Crippen molar-refractivity contribution < 1.29 is 9.53 Å². The number of rotatable bonds is 3. The quantitative estimate of drug-likeness (QED) is 0.494. The van der Waals surface area contributed by atoms with Crippen molar-refractivity contribution in [3.63, 3.8) is 0 Å². The Balaban J connectivity index is 1.67. The molecule has 9 heteroatoms. The lowest BCUT2D eigenvalue weighted by atomic mass is 10.0. The molecule has 0 atom stereocenters. The number of fused-ring (bicyclic) bond motifs is 3. The standard InChI is InChI=1S/C23H24N6O3/c1-14(30)28-8-6-16(7-9-28)29-22-17-10-18(15-4-5-21(32-3)26-11-15)24-12-19(17)25-13-20(22)27(2)23(29)31/h4-5,10-13,16H,6-9H2,1-3H3. The second-order valence-electron chi connectivity index (χ2n) is 8.12. The summed E-state index contributed by atoms with van der Waals surface area (Å²) in [5.41, 5.74) is 3.89. The van der Waals surface area contributed by atoms with Gasteiger partial charge >= 0.3 is 5.69 Å². The first-order valence-electron chi connectivity index (χ1n) is 10.6. The van der Waals surface area contributed by atoms with E-state index in [9.17, 15) is 9.59 Å². The van der Waals surface area contributed by atoms with Gasteiger partial charge in [0, 0.05) is 56.3 Å². The first kappa shape index (κ1) is 20.2. The normalized spacial score (nSPS) is 14.9. The van der Waals surface area contributed by atoms with Gasteiger partial charge in [-0.25, -0.2) is 9.78 Å². The molecule has 5 heterocycles. The molecular weight excluding hydrogens is 408 g/mol. The molecule has 1 saturated heterocycles. The summed E-state index contributed by atoms with van der Waals surface area (Å²) in [4.78, 5) is 40.2. The van der Waals surface area contributed by atoms with Crippen molar-refractivity contribution in [2.45, 2.75) is 25.8 Å². The third-order valence-corrected chi connectivity index (χ3v) is 6.32. The smallest absolute Gasteiger partial charge is 0.329 e. The number of nitrogens with zero attached hydrogens (tertiary/aromatic N) is 6. The number of imidazole rings is 1. The summed E-state index contributed by atoms with van der Waals surface area (Å²) >= 11 is 0. The number of amides is 1. The van der Waals surface area contributed by atoms with Crippen LogP contribution in [0, 0.1) is 0 Å². The van der Waals surface area contributed by atoms with Gasteiger partial charge in [0.2, 0.25) is 11.8 Å². The molecule has 0 spiro atoms. The van der Waals surface area contributed by atoms with Crippen molar-refractivity contribution in [3.8, 4) is 17.1 Å². The Morgan fingerprint density at radius 2 is 1.88 bits per heavy atom. The van der Waals surface area contributed by atoms with E-state index in [0.29, 0.717) is 19.0 Å². The molecule has 0 aromatic carbocycles. The number of likely N-dealkylation sites (tertiary alicyclic amines) is 1. The molecule has 0 N–H and O–H groups in total. The average Bonchev–Trinajstić information content (AvgIpc) is 3.09. The van der Waals surface area contributed by atoms with E-state index >= 15 is 0 Å². The van der Waals surface area contributed by atoms with E-state index in [1.165, 1.54) is 0 Å². The molecule has 164 valence electrons. The van der Waals surface area contributed by atoms with Crippen LogP contribution in [0.25, 0.3) is 33.2 Å². The first-order chi connectivity index (χ1) is 15.5. The highest BCUT2D eigenvalue weighted by atomic mass is 16.5. The summed E-state index contributed by atoms with van der Waals surface area (Å²) in [6.45, 7) is 2.89. The number of pyridine rings is 3.